The number of halogens is 3. The number of nitrogens with one attached hydrogen (secondary N) is 1. The number of ether oxygens (including phenoxy) is 3. The van der Waals surface area contributed by atoms with Crippen molar-refractivity contribution in [3.63, 3.8) is 0 Å². The van der Waals surface area contributed by atoms with Gasteiger partial charge in [-0.3, -0.25) is 9.78 Å². The molecule has 2 aromatic heterocycles. The van der Waals surface area contributed by atoms with Gasteiger partial charge in [-0.15, -0.1) is 0 Å². The van der Waals surface area contributed by atoms with E-state index in [-0.39, 0.29) is 30.7 Å². The minimum atomic E-state index is -4.60. The molecule has 1 aliphatic carbocycles. The summed E-state index contributed by atoms with van der Waals surface area (Å²) in [6.45, 7) is 7.03. The average molecular weight is 548 g/mol. The highest BCUT2D eigenvalue weighted by atomic mass is 28.3. The van der Waals surface area contributed by atoms with Gasteiger partial charge in [0, 0.05) is 32.0 Å². The zero-order valence-corrected chi connectivity index (χ0v) is 22.9. The van der Waals surface area contributed by atoms with Crippen molar-refractivity contribution in [2.45, 2.75) is 51.3 Å². The van der Waals surface area contributed by atoms with E-state index >= 15 is 0 Å². The van der Waals surface area contributed by atoms with Crippen molar-refractivity contribution < 1.29 is 32.2 Å². The highest BCUT2D eigenvalue weighted by Gasteiger charge is 2.52. The molecule has 0 unspecified atom stereocenters. The summed E-state index contributed by atoms with van der Waals surface area (Å²) >= 11 is 0. The Labute approximate surface area is 220 Å². The van der Waals surface area contributed by atoms with Crippen LogP contribution in [0.15, 0.2) is 42.6 Å². The summed E-state index contributed by atoms with van der Waals surface area (Å²) in [6, 6.07) is 11.5. The van der Waals surface area contributed by atoms with Gasteiger partial charge >= 0.3 is 12.1 Å². The highest BCUT2D eigenvalue weighted by molar-refractivity contribution is 6.76. The molecule has 1 N–H and O–H groups in total. The molecule has 2 heterocycles. The third kappa shape index (κ3) is 6.82. The molecule has 1 saturated carbocycles. The molecule has 11 heteroatoms. The van der Waals surface area contributed by atoms with Crippen LogP contribution >= 0.6 is 0 Å². The fraction of sp³-hybridized carbons (Fsp3) is 0.444. The van der Waals surface area contributed by atoms with E-state index in [4.69, 9.17) is 14.2 Å². The molecule has 3 aromatic rings. The van der Waals surface area contributed by atoms with Gasteiger partial charge < -0.3 is 19.2 Å². The largest absolute Gasteiger partial charge is 0.492 e. The lowest BCUT2D eigenvalue weighted by atomic mass is 10.1. The molecule has 0 spiro atoms. The van der Waals surface area contributed by atoms with Crippen LogP contribution in [0.4, 0.5) is 13.2 Å². The SMILES string of the molecule is COC(=O)C1(COc2ccc(-c3ccc(-c4nc(C(F)(F)F)c(COCC[Si](C)(C)C)[nH]4)cn3)cc2)CC1. The smallest absolute Gasteiger partial charge is 0.435 e. The van der Waals surface area contributed by atoms with Crippen LogP contribution < -0.4 is 4.74 Å². The lowest BCUT2D eigenvalue weighted by Crippen LogP contribution is -2.24. The van der Waals surface area contributed by atoms with Gasteiger partial charge in [0.1, 0.15) is 23.6 Å². The van der Waals surface area contributed by atoms with Crippen LogP contribution in [-0.2, 0) is 27.1 Å². The van der Waals surface area contributed by atoms with Crippen LogP contribution in [0.2, 0.25) is 25.7 Å². The first-order valence-corrected chi connectivity index (χ1v) is 16.1. The van der Waals surface area contributed by atoms with Crippen molar-refractivity contribution in [1.29, 1.82) is 0 Å². The number of methoxy groups -OCH3 is 1. The van der Waals surface area contributed by atoms with Gasteiger partial charge in [-0.1, -0.05) is 19.6 Å². The Hall–Kier alpha value is -3.18. The van der Waals surface area contributed by atoms with Gasteiger partial charge in [0.15, 0.2) is 5.69 Å². The monoisotopic (exact) mass is 547 g/mol. The third-order valence-corrected chi connectivity index (χ3v) is 8.17. The number of hydrogen-bond donors (Lipinski definition) is 1. The van der Waals surface area contributed by atoms with Crippen LogP contribution in [0.25, 0.3) is 22.6 Å². The fourth-order valence-corrected chi connectivity index (χ4v) is 4.62. The van der Waals surface area contributed by atoms with Crippen LogP contribution in [0, 0.1) is 5.41 Å². The molecule has 0 saturated heterocycles. The van der Waals surface area contributed by atoms with E-state index in [0.717, 1.165) is 24.4 Å². The summed E-state index contributed by atoms with van der Waals surface area (Å²) in [5.74, 6) is 0.456. The summed E-state index contributed by atoms with van der Waals surface area (Å²) in [5, 5.41) is 0. The standard InChI is InChI=1S/C27H32F3N3O4Si/c1-35-25(34)26(11-12-26)17-37-20-8-5-18(6-9-20)21-10-7-19(15-31-21)24-32-22(23(33-24)27(28,29)30)16-36-13-14-38(2,3)4/h5-10,15H,11-14,16-17H2,1-4H3,(H,32,33). The molecule has 0 radical (unpaired) electrons. The number of rotatable bonds is 11. The molecule has 0 aliphatic heterocycles. The van der Waals surface area contributed by atoms with Crippen LogP contribution in [0.5, 0.6) is 5.75 Å². The second-order valence-corrected chi connectivity index (χ2v) is 16.4. The lowest BCUT2D eigenvalue weighted by molar-refractivity contribution is -0.148. The number of aromatic amines is 1. The van der Waals surface area contributed by atoms with Gasteiger partial charge in [-0.25, -0.2) is 4.98 Å². The topological polar surface area (TPSA) is 86.3 Å². The highest BCUT2D eigenvalue weighted by Crippen LogP contribution is 2.47. The van der Waals surface area contributed by atoms with Crippen LogP contribution in [0.1, 0.15) is 24.2 Å². The summed E-state index contributed by atoms with van der Waals surface area (Å²) < 4.78 is 57.0. The summed E-state index contributed by atoms with van der Waals surface area (Å²) in [5.41, 5.74) is 0.284. The molecule has 38 heavy (non-hydrogen) atoms. The first-order chi connectivity index (χ1) is 17.9. The first kappa shape index (κ1) is 27.8. The molecule has 0 amide bonds. The minimum absolute atomic E-state index is 0.0866. The van der Waals surface area contributed by atoms with Crippen molar-refractivity contribution in [2.75, 3.05) is 20.3 Å². The Morgan fingerprint density at radius 1 is 1.08 bits per heavy atom. The zero-order valence-electron chi connectivity index (χ0n) is 21.9. The van der Waals surface area contributed by atoms with Gasteiger partial charge in [0.25, 0.3) is 0 Å². The van der Waals surface area contributed by atoms with Gasteiger partial charge in [0.2, 0.25) is 0 Å². The van der Waals surface area contributed by atoms with E-state index in [0.29, 0.717) is 23.6 Å². The maximum atomic E-state index is 13.6. The quantitative estimate of drug-likeness (QED) is 0.171. The van der Waals surface area contributed by atoms with Crippen LogP contribution in [0.3, 0.4) is 0 Å². The number of esters is 1. The maximum absolute atomic E-state index is 13.6. The number of hydrogen-bond acceptors (Lipinski definition) is 6. The van der Waals surface area contributed by atoms with E-state index in [1.54, 1.807) is 24.3 Å². The average Bonchev–Trinajstić information content (AvgIpc) is 3.54. The lowest BCUT2D eigenvalue weighted by Gasteiger charge is -2.15. The summed E-state index contributed by atoms with van der Waals surface area (Å²) in [6.07, 6.45) is -1.61. The van der Waals surface area contributed by atoms with Crippen molar-refractivity contribution in [3.8, 4) is 28.4 Å². The van der Waals surface area contributed by atoms with E-state index in [1.165, 1.54) is 13.3 Å². The molecule has 7 nitrogen and oxygen atoms in total. The predicted octanol–water partition coefficient (Wildman–Crippen LogP) is 6.34. The Bertz CT molecular complexity index is 1250. The molecule has 1 aromatic carbocycles. The number of carbonyl (C=O) groups is 1. The Morgan fingerprint density at radius 2 is 1.76 bits per heavy atom. The Kier molecular flexibility index (Phi) is 7.98. The van der Waals surface area contributed by atoms with Crippen molar-refractivity contribution in [1.82, 2.24) is 15.0 Å². The normalized spacial score (nSPS) is 14.8. The second-order valence-electron chi connectivity index (χ2n) is 10.8. The summed E-state index contributed by atoms with van der Waals surface area (Å²) in [7, 11) is 0.0252. The minimum Gasteiger partial charge on any atom is -0.492 e. The molecule has 4 rings (SSSR count). The predicted molar refractivity (Wildman–Crippen MR) is 139 cm³/mol. The molecule has 0 atom stereocenters. The Balaban J connectivity index is 1.42. The number of imidazole rings is 1. The fourth-order valence-electron chi connectivity index (χ4n) is 3.86. The molecule has 0 bridgehead atoms. The van der Waals surface area contributed by atoms with E-state index < -0.39 is 25.4 Å². The molecular weight excluding hydrogens is 515 g/mol. The van der Waals surface area contributed by atoms with Gasteiger partial charge in [-0.2, -0.15) is 13.2 Å². The maximum Gasteiger partial charge on any atom is 0.435 e. The Morgan fingerprint density at radius 3 is 2.32 bits per heavy atom. The van der Waals surface area contributed by atoms with Crippen molar-refractivity contribution >= 4 is 14.0 Å². The molecule has 1 fully saturated rings. The van der Waals surface area contributed by atoms with Crippen molar-refractivity contribution in [2.24, 2.45) is 5.41 Å². The zero-order chi connectivity index (χ0) is 27.6. The number of pyridine rings is 1. The number of aromatic nitrogens is 3. The second kappa shape index (κ2) is 10.9. The number of carbonyl (C=O) groups excluding carboxylic acids is 1. The summed E-state index contributed by atoms with van der Waals surface area (Å²) in [4.78, 5) is 22.9. The number of nitrogens with zero attached hydrogens (tertiary/aromatic N) is 2. The number of alkyl halides is 3. The van der Waals surface area contributed by atoms with Gasteiger partial charge in [-0.05, 0) is 55.3 Å². The number of benzene rings is 1. The van der Waals surface area contributed by atoms with Crippen LogP contribution in [-0.4, -0.2) is 49.3 Å². The van der Waals surface area contributed by atoms with E-state index in [1.807, 2.05) is 12.1 Å². The number of H-pyrrole nitrogens is 1. The molecule has 1 aliphatic rings. The van der Waals surface area contributed by atoms with Crippen molar-refractivity contribution in [3.05, 3.63) is 54.0 Å². The van der Waals surface area contributed by atoms with E-state index in [2.05, 4.69) is 34.6 Å². The molecular formula is C27H32F3N3O4Si. The van der Waals surface area contributed by atoms with E-state index in [9.17, 15) is 18.0 Å². The third-order valence-electron chi connectivity index (χ3n) is 6.46. The first-order valence-electron chi connectivity index (χ1n) is 12.4. The molecule has 204 valence electrons. The van der Waals surface area contributed by atoms with Gasteiger partial charge in [0.05, 0.1) is 25.1 Å².